The lowest BCUT2D eigenvalue weighted by Crippen LogP contribution is -2.46. The zero-order valence-corrected chi connectivity index (χ0v) is 11.8. The van der Waals surface area contributed by atoms with Crippen molar-refractivity contribution in [3.63, 3.8) is 0 Å². The maximum absolute atomic E-state index is 11.9. The molecule has 0 spiro atoms. The van der Waals surface area contributed by atoms with E-state index in [9.17, 15) is 4.79 Å². The van der Waals surface area contributed by atoms with E-state index in [0.29, 0.717) is 13.2 Å². The first-order chi connectivity index (χ1) is 9.70. The van der Waals surface area contributed by atoms with Crippen LogP contribution in [0, 0.1) is 0 Å². The standard InChI is InChI=1S/C15H22N2O3/c1-17(8-9-18)15(19)16-13-7-10-20-14(11-13)12-5-3-2-4-6-12/h2-6,13-14,18H,7-11H2,1H3,(H,16,19)/t13-,14-/m0/s1. The summed E-state index contributed by atoms with van der Waals surface area (Å²) in [5.74, 6) is 0. The van der Waals surface area contributed by atoms with E-state index in [0.717, 1.165) is 18.4 Å². The highest BCUT2D eigenvalue weighted by Gasteiger charge is 2.25. The highest BCUT2D eigenvalue weighted by molar-refractivity contribution is 5.74. The highest BCUT2D eigenvalue weighted by Crippen LogP contribution is 2.27. The van der Waals surface area contributed by atoms with Crippen LogP contribution in [-0.4, -0.2) is 48.9 Å². The van der Waals surface area contributed by atoms with E-state index < -0.39 is 0 Å². The molecule has 0 bridgehead atoms. The van der Waals surface area contributed by atoms with Crippen molar-refractivity contribution in [2.45, 2.75) is 25.0 Å². The molecular formula is C15H22N2O3. The first-order valence-corrected chi connectivity index (χ1v) is 6.99. The number of aliphatic hydroxyl groups excluding tert-OH is 1. The second kappa shape index (κ2) is 7.26. The molecule has 1 saturated heterocycles. The molecule has 2 amide bonds. The fourth-order valence-corrected chi connectivity index (χ4v) is 2.36. The molecule has 1 heterocycles. The summed E-state index contributed by atoms with van der Waals surface area (Å²) in [6.07, 6.45) is 1.64. The Hall–Kier alpha value is -1.59. The Balaban J connectivity index is 1.89. The lowest BCUT2D eigenvalue weighted by atomic mass is 9.97. The van der Waals surface area contributed by atoms with Gasteiger partial charge >= 0.3 is 6.03 Å². The van der Waals surface area contributed by atoms with Crippen LogP contribution in [0.25, 0.3) is 0 Å². The van der Waals surface area contributed by atoms with Gasteiger partial charge in [-0.1, -0.05) is 30.3 Å². The first kappa shape index (κ1) is 14.8. The van der Waals surface area contributed by atoms with Gasteiger partial charge in [-0.05, 0) is 18.4 Å². The third-order valence-electron chi connectivity index (χ3n) is 3.57. The predicted molar refractivity (Wildman–Crippen MR) is 76.4 cm³/mol. The Morgan fingerprint density at radius 1 is 1.45 bits per heavy atom. The van der Waals surface area contributed by atoms with E-state index in [4.69, 9.17) is 9.84 Å². The van der Waals surface area contributed by atoms with Crippen molar-refractivity contribution in [3.05, 3.63) is 35.9 Å². The molecule has 1 aromatic rings. The van der Waals surface area contributed by atoms with Gasteiger partial charge in [-0.2, -0.15) is 0 Å². The topological polar surface area (TPSA) is 61.8 Å². The van der Waals surface area contributed by atoms with Crippen LogP contribution >= 0.6 is 0 Å². The Bertz CT molecular complexity index is 424. The molecule has 5 nitrogen and oxygen atoms in total. The molecule has 1 aliphatic heterocycles. The minimum absolute atomic E-state index is 0.0235. The van der Waals surface area contributed by atoms with Gasteiger partial charge in [0.25, 0.3) is 0 Å². The molecular weight excluding hydrogens is 256 g/mol. The summed E-state index contributed by atoms with van der Waals surface area (Å²) in [6, 6.07) is 10.0. The van der Waals surface area contributed by atoms with Crippen LogP contribution in [0.15, 0.2) is 30.3 Å². The molecule has 0 aliphatic carbocycles. The predicted octanol–water partition coefficient (Wildman–Crippen LogP) is 1.54. The van der Waals surface area contributed by atoms with Gasteiger partial charge in [0, 0.05) is 26.2 Å². The summed E-state index contributed by atoms with van der Waals surface area (Å²) in [4.78, 5) is 13.4. The average molecular weight is 278 g/mol. The minimum atomic E-state index is -0.141. The zero-order chi connectivity index (χ0) is 14.4. The van der Waals surface area contributed by atoms with E-state index in [1.165, 1.54) is 4.90 Å². The number of rotatable bonds is 4. The quantitative estimate of drug-likeness (QED) is 0.878. The van der Waals surface area contributed by atoms with Crippen molar-refractivity contribution in [2.24, 2.45) is 0 Å². The maximum atomic E-state index is 11.9. The molecule has 110 valence electrons. The van der Waals surface area contributed by atoms with E-state index in [1.807, 2.05) is 30.3 Å². The summed E-state index contributed by atoms with van der Waals surface area (Å²) >= 11 is 0. The normalized spacial score (nSPS) is 22.3. The van der Waals surface area contributed by atoms with Crippen LogP contribution in [0.4, 0.5) is 4.79 Å². The van der Waals surface area contributed by atoms with Crippen LogP contribution in [0.1, 0.15) is 24.5 Å². The van der Waals surface area contributed by atoms with Crippen LogP contribution in [-0.2, 0) is 4.74 Å². The van der Waals surface area contributed by atoms with E-state index >= 15 is 0 Å². The van der Waals surface area contributed by atoms with Gasteiger partial charge in [-0.3, -0.25) is 0 Å². The molecule has 0 aromatic heterocycles. The molecule has 2 atom stereocenters. The number of nitrogens with zero attached hydrogens (tertiary/aromatic N) is 1. The monoisotopic (exact) mass is 278 g/mol. The third kappa shape index (κ3) is 3.95. The molecule has 0 saturated carbocycles. The Morgan fingerprint density at radius 3 is 2.90 bits per heavy atom. The molecule has 0 radical (unpaired) electrons. The number of urea groups is 1. The van der Waals surface area contributed by atoms with Crippen LogP contribution in [0.2, 0.25) is 0 Å². The van der Waals surface area contributed by atoms with Gasteiger partial charge < -0.3 is 20.1 Å². The largest absolute Gasteiger partial charge is 0.395 e. The zero-order valence-electron chi connectivity index (χ0n) is 11.8. The Kier molecular flexibility index (Phi) is 5.38. The summed E-state index contributed by atoms with van der Waals surface area (Å²) in [7, 11) is 1.68. The van der Waals surface area contributed by atoms with Gasteiger partial charge in [0.2, 0.25) is 0 Å². The number of aliphatic hydroxyl groups is 1. The number of benzene rings is 1. The van der Waals surface area contributed by atoms with Crippen molar-refractivity contribution in [3.8, 4) is 0 Å². The van der Waals surface area contributed by atoms with Gasteiger partial charge in [0.1, 0.15) is 0 Å². The number of likely N-dealkylation sites (N-methyl/N-ethyl adjacent to an activating group) is 1. The van der Waals surface area contributed by atoms with Gasteiger partial charge in [-0.25, -0.2) is 4.79 Å². The lowest BCUT2D eigenvalue weighted by Gasteiger charge is -2.31. The first-order valence-electron chi connectivity index (χ1n) is 6.99. The fourth-order valence-electron chi connectivity index (χ4n) is 2.36. The molecule has 20 heavy (non-hydrogen) atoms. The van der Waals surface area contributed by atoms with Gasteiger partial charge in [-0.15, -0.1) is 0 Å². The van der Waals surface area contributed by atoms with Crippen LogP contribution < -0.4 is 5.32 Å². The van der Waals surface area contributed by atoms with E-state index in [-0.39, 0.29) is 24.8 Å². The number of carbonyl (C=O) groups is 1. The molecule has 5 heteroatoms. The van der Waals surface area contributed by atoms with Crippen molar-refractivity contribution in [1.29, 1.82) is 0 Å². The van der Waals surface area contributed by atoms with Crippen LogP contribution in [0.5, 0.6) is 0 Å². The lowest BCUT2D eigenvalue weighted by molar-refractivity contribution is 0.00155. The molecule has 1 aromatic carbocycles. The number of hydrogen-bond acceptors (Lipinski definition) is 3. The number of ether oxygens (including phenoxy) is 1. The molecule has 1 aliphatic rings. The van der Waals surface area contributed by atoms with Crippen molar-refractivity contribution < 1.29 is 14.6 Å². The molecule has 2 rings (SSSR count). The smallest absolute Gasteiger partial charge is 0.317 e. The number of hydrogen-bond donors (Lipinski definition) is 2. The summed E-state index contributed by atoms with van der Waals surface area (Å²) < 4.78 is 5.78. The summed E-state index contributed by atoms with van der Waals surface area (Å²) in [5, 5.41) is 11.8. The average Bonchev–Trinajstić information content (AvgIpc) is 2.48. The molecule has 2 N–H and O–H groups in total. The van der Waals surface area contributed by atoms with Crippen molar-refractivity contribution in [1.82, 2.24) is 10.2 Å². The fraction of sp³-hybridized carbons (Fsp3) is 0.533. The van der Waals surface area contributed by atoms with Gasteiger partial charge in [0.05, 0.1) is 12.7 Å². The second-order valence-corrected chi connectivity index (χ2v) is 5.09. The third-order valence-corrected chi connectivity index (χ3v) is 3.57. The van der Waals surface area contributed by atoms with Crippen molar-refractivity contribution in [2.75, 3.05) is 26.8 Å². The number of carbonyl (C=O) groups excluding carboxylic acids is 1. The van der Waals surface area contributed by atoms with Crippen LogP contribution in [0.3, 0.4) is 0 Å². The molecule has 0 unspecified atom stereocenters. The Morgan fingerprint density at radius 2 is 2.20 bits per heavy atom. The summed E-state index contributed by atoms with van der Waals surface area (Å²) in [5.41, 5.74) is 1.15. The molecule has 1 fully saturated rings. The minimum Gasteiger partial charge on any atom is -0.395 e. The van der Waals surface area contributed by atoms with Crippen molar-refractivity contribution >= 4 is 6.03 Å². The number of nitrogens with one attached hydrogen (secondary N) is 1. The second-order valence-electron chi connectivity index (χ2n) is 5.09. The van der Waals surface area contributed by atoms with Gasteiger partial charge in [0.15, 0.2) is 0 Å². The Labute approximate surface area is 119 Å². The number of amides is 2. The van der Waals surface area contributed by atoms with E-state index in [2.05, 4.69) is 5.32 Å². The highest BCUT2D eigenvalue weighted by atomic mass is 16.5. The van der Waals surface area contributed by atoms with E-state index in [1.54, 1.807) is 7.05 Å². The SMILES string of the molecule is CN(CCO)C(=O)N[C@H]1CCO[C@H](c2ccccc2)C1. The summed E-state index contributed by atoms with van der Waals surface area (Å²) in [6.45, 7) is 0.968. The maximum Gasteiger partial charge on any atom is 0.317 e.